The van der Waals surface area contributed by atoms with E-state index in [-0.39, 0.29) is 11.8 Å². The Hall–Kier alpha value is -1.31. The minimum atomic E-state index is -4.53. The molecule has 158 valence electrons. The van der Waals surface area contributed by atoms with Crippen molar-refractivity contribution in [3.05, 3.63) is 28.8 Å². The fraction of sp³-hybridized carbons (Fsp3) is 0.727. The molecule has 0 radical (unpaired) electrons. The van der Waals surface area contributed by atoms with Crippen LogP contribution < -0.4 is 4.74 Å². The van der Waals surface area contributed by atoms with E-state index >= 15 is 0 Å². The standard InChI is InChI=1S/C22H26F3NO3/c23-22(24,25)14-5-4-13-10-16-21(28)7-6-15(27)19-20(21,17(13)18(14)29-19)8-9-26(16)11-12-2-1-3-12/h4-5,12,15-16,19,27-28H,1-3,6-11H2/t15-,16+,19-,20-,21+/m0/s1. The van der Waals surface area contributed by atoms with Gasteiger partial charge in [-0.05, 0) is 62.6 Å². The molecule has 0 unspecified atom stereocenters. The molecular formula is C22H26F3NO3. The van der Waals surface area contributed by atoms with E-state index in [2.05, 4.69) is 4.90 Å². The van der Waals surface area contributed by atoms with Gasteiger partial charge in [-0.2, -0.15) is 13.2 Å². The van der Waals surface area contributed by atoms with Crippen molar-refractivity contribution < 1.29 is 28.1 Å². The average molecular weight is 409 g/mol. The highest BCUT2D eigenvalue weighted by Gasteiger charge is 2.73. The van der Waals surface area contributed by atoms with Crippen LogP contribution in [0.25, 0.3) is 0 Å². The number of aliphatic hydroxyl groups is 2. The van der Waals surface area contributed by atoms with Gasteiger partial charge in [0, 0.05) is 18.2 Å². The number of hydrogen-bond acceptors (Lipinski definition) is 4. The largest absolute Gasteiger partial charge is 0.486 e. The first-order chi connectivity index (χ1) is 13.8. The predicted octanol–water partition coefficient (Wildman–Crippen LogP) is 3.02. The Bertz CT molecular complexity index is 870. The zero-order valence-corrected chi connectivity index (χ0v) is 16.2. The minimum Gasteiger partial charge on any atom is -0.486 e. The molecule has 1 aromatic carbocycles. The monoisotopic (exact) mass is 409 g/mol. The van der Waals surface area contributed by atoms with Crippen LogP contribution in [0.5, 0.6) is 5.75 Å². The number of rotatable bonds is 2. The van der Waals surface area contributed by atoms with Crippen molar-refractivity contribution >= 4 is 0 Å². The van der Waals surface area contributed by atoms with Gasteiger partial charge in [0.05, 0.1) is 22.7 Å². The first-order valence-electron chi connectivity index (χ1n) is 10.8. The maximum Gasteiger partial charge on any atom is 0.419 e. The Kier molecular flexibility index (Phi) is 3.62. The van der Waals surface area contributed by atoms with E-state index < -0.39 is 35.0 Å². The third-order valence-electron chi connectivity index (χ3n) is 8.59. The molecule has 2 aliphatic heterocycles. The molecule has 1 saturated heterocycles. The molecule has 4 nitrogen and oxygen atoms in total. The summed E-state index contributed by atoms with van der Waals surface area (Å²) in [6, 6.07) is 2.56. The molecule has 7 heteroatoms. The van der Waals surface area contributed by atoms with E-state index in [0.29, 0.717) is 37.2 Å². The molecule has 0 amide bonds. The molecule has 2 N–H and O–H groups in total. The second-order valence-corrected chi connectivity index (χ2v) is 9.78. The highest BCUT2D eigenvalue weighted by atomic mass is 19.4. The summed E-state index contributed by atoms with van der Waals surface area (Å²) >= 11 is 0. The molecule has 2 saturated carbocycles. The molecule has 0 aromatic heterocycles. The molecule has 1 aromatic rings. The Morgan fingerprint density at radius 2 is 1.97 bits per heavy atom. The van der Waals surface area contributed by atoms with Crippen molar-refractivity contribution in [2.75, 3.05) is 13.1 Å². The van der Waals surface area contributed by atoms with E-state index in [1.165, 1.54) is 19.3 Å². The van der Waals surface area contributed by atoms with Crippen molar-refractivity contribution in [1.82, 2.24) is 4.90 Å². The third-order valence-corrected chi connectivity index (χ3v) is 8.59. The summed E-state index contributed by atoms with van der Waals surface area (Å²) in [4.78, 5) is 2.38. The molecule has 3 aliphatic carbocycles. The number of likely N-dealkylation sites (tertiary alicyclic amines) is 1. The van der Waals surface area contributed by atoms with Crippen LogP contribution in [0.1, 0.15) is 55.2 Å². The van der Waals surface area contributed by atoms with Gasteiger partial charge in [0.2, 0.25) is 0 Å². The first-order valence-corrected chi connectivity index (χ1v) is 10.8. The fourth-order valence-electron chi connectivity index (χ4n) is 7.07. The lowest BCUT2D eigenvalue weighted by Gasteiger charge is -2.64. The van der Waals surface area contributed by atoms with Crippen molar-refractivity contribution in [3.63, 3.8) is 0 Å². The van der Waals surface area contributed by atoms with Crippen LogP contribution in [-0.4, -0.2) is 52.1 Å². The lowest BCUT2D eigenvalue weighted by atomic mass is 9.48. The van der Waals surface area contributed by atoms with Crippen molar-refractivity contribution in [2.45, 2.75) is 80.4 Å². The van der Waals surface area contributed by atoms with Crippen molar-refractivity contribution in [1.29, 1.82) is 0 Å². The van der Waals surface area contributed by atoms with Gasteiger partial charge in [0.25, 0.3) is 0 Å². The summed E-state index contributed by atoms with van der Waals surface area (Å²) in [6.45, 7) is 1.67. The molecule has 29 heavy (non-hydrogen) atoms. The number of halogens is 3. The van der Waals surface area contributed by atoms with E-state index in [9.17, 15) is 23.4 Å². The van der Waals surface area contributed by atoms with Gasteiger partial charge in [0.15, 0.2) is 0 Å². The molecule has 6 rings (SSSR count). The zero-order valence-electron chi connectivity index (χ0n) is 16.2. The Morgan fingerprint density at radius 1 is 1.17 bits per heavy atom. The number of hydrogen-bond donors (Lipinski definition) is 2. The van der Waals surface area contributed by atoms with Crippen LogP contribution in [0.4, 0.5) is 13.2 Å². The van der Waals surface area contributed by atoms with Gasteiger partial charge in [-0.1, -0.05) is 12.5 Å². The number of alkyl halides is 3. The SMILES string of the molecule is O[C@H]1CC[C@@]2(O)[C@H]3Cc4ccc(C(F)(F)F)c5c4[C@@]2(CCN3CC2CCC2)[C@H]1O5. The molecule has 1 spiro atoms. The molecular weight excluding hydrogens is 383 g/mol. The van der Waals surface area contributed by atoms with Crippen molar-refractivity contribution in [2.24, 2.45) is 5.92 Å². The summed E-state index contributed by atoms with van der Waals surface area (Å²) in [5.74, 6) is 0.507. The third kappa shape index (κ3) is 2.16. The number of nitrogens with zero attached hydrogens (tertiary/aromatic N) is 1. The molecule has 2 heterocycles. The lowest BCUT2D eigenvalue weighted by molar-refractivity contribution is -0.209. The summed E-state index contributed by atoms with van der Waals surface area (Å²) in [6.07, 6.45) is -0.713. The Labute approximate surface area is 167 Å². The van der Waals surface area contributed by atoms with Gasteiger partial charge in [-0.3, -0.25) is 4.90 Å². The maximum atomic E-state index is 13.7. The van der Waals surface area contributed by atoms with E-state index in [0.717, 1.165) is 24.7 Å². The summed E-state index contributed by atoms with van der Waals surface area (Å²) in [5, 5.41) is 22.8. The van der Waals surface area contributed by atoms with Gasteiger partial charge >= 0.3 is 6.18 Å². The molecule has 5 aliphatic rings. The second kappa shape index (κ2) is 5.68. The normalized spacial score (nSPS) is 40.9. The van der Waals surface area contributed by atoms with E-state index in [1.54, 1.807) is 6.07 Å². The van der Waals surface area contributed by atoms with Crippen LogP contribution in [-0.2, 0) is 18.0 Å². The number of ether oxygens (including phenoxy) is 1. The fourth-order valence-corrected chi connectivity index (χ4v) is 7.07. The summed E-state index contributed by atoms with van der Waals surface area (Å²) in [5.41, 5.74) is -1.53. The second-order valence-electron chi connectivity index (χ2n) is 9.78. The maximum absolute atomic E-state index is 13.7. The quantitative estimate of drug-likeness (QED) is 0.789. The Balaban J connectivity index is 1.53. The van der Waals surface area contributed by atoms with Crippen LogP contribution in [0.15, 0.2) is 12.1 Å². The van der Waals surface area contributed by atoms with Crippen LogP contribution >= 0.6 is 0 Å². The van der Waals surface area contributed by atoms with Gasteiger partial charge < -0.3 is 14.9 Å². The lowest BCUT2D eigenvalue weighted by Crippen LogP contribution is -2.77. The number of aliphatic hydroxyl groups excluding tert-OH is 1. The van der Waals surface area contributed by atoms with Crippen molar-refractivity contribution in [3.8, 4) is 5.75 Å². The minimum absolute atomic E-state index is 0.134. The van der Waals surface area contributed by atoms with E-state index in [1.807, 2.05) is 0 Å². The molecule has 2 bridgehead atoms. The molecule has 3 fully saturated rings. The smallest absolute Gasteiger partial charge is 0.419 e. The number of benzene rings is 1. The van der Waals surface area contributed by atoms with Crippen LogP contribution in [0.2, 0.25) is 0 Å². The van der Waals surface area contributed by atoms with Crippen LogP contribution in [0.3, 0.4) is 0 Å². The van der Waals surface area contributed by atoms with Crippen LogP contribution in [0, 0.1) is 5.92 Å². The van der Waals surface area contributed by atoms with E-state index in [4.69, 9.17) is 4.74 Å². The van der Waals surface area contributed by atoms with Gasteiger partial charge in [-0.15, -0.1) is 0 Å². The van der Waals surface area contributed by atoms with Gasteiger partial charge in [0.1, 0.15) is 11.9 Å². The predicted molar refractivity (Wildman–Crippen MR) is 98.8 cm³/mol. The zero-order chi connectivity index (χ0) is 20.2. The average Bonchev–Trinajstić information content (AvgIpc) is 2.96. The molecule has 5 atom stereocenters. The Morgan fingerprint density at radius 3 is 2.66 bits per heavy atom. The summed E-state index contributed by atoms with van der Waals surface area (Å²) < 4.78 is 47.1. The topological polar surface area (TPSA) is 52.9 Å². The first kappa shape index (κ1) is 18.5. The highest BCUT2D eigenvalue weighted by Crippen LogP contribution is 2.65. The van der Waals surface area contributed by atoms with Gasteiger partial charge in [-0.25, -0.2) is 0 Å². The number of piperidine rings is 1. The summed E-state index contributed by atoms with van der Waals surface area (Å²) in [7, 11) is 0. The highest BCUT2D eigenvalue weighted by molar-refractivity contribution is 5.61.